The van der Waals surface area contributed by atoms with Gasteiger partial charge in [-0.3, -0.25) is 0 Å². The van der Waals surface area contributed by atoms with Crippen molar-refractivity contribution in [2.24, 2.45) is 5.92 Å². The summed E-state index contributed by atoms with van der Waals surface area (Å²) in [6.07, 6.45) is 2.27. The molecule has 0 aromatic carbocycles. The topological polar surface area (TPSA) is 55.8 Å². The molecule has 1 heterocycles. The van der Waals surface area contributed by atoms with Crippen LogP contribution < -0.4 is 0 Å². The van der Waals surface area contributed by atoms with Crippen molar-refractivity contribution in [3.63, 3.8) is 0 Å². The summed E-state index contributed by atoms with van der Waals surface area (Å²) in [5.74, 6) is 0.0444. The summed E-state index contributed by atoms with van der Waals surface area (Å²) in [6, 6.07) is 0.00683. The van der Waals surface area contributed by atoms with Crippen LogP contribution in [0.1, 0.15) is 40.5 Å². The Hall–Kier alpha value is -0.135. The first-order valence-electron chi connectivity index (χ1n) is 8.08. The standard InChI is InChI=1S/C16H24NO4.ClH.Hg/c1-6-13(18)11-8-7-10-9-12(11)14(20-5)17(10)15(19)21-16(2,3)4;;/h8-10,12,14H,6-7H2,1-5H3;1H;/q;;+1/p-1/t10-,12-,14-;;/m0../s1. The van der Waals surface area contributed by atoms with Crippen molar-refractivity contribution in [3.05, 3.63) is 11.6 Å². The molecule has 0 spiro atoms. The van der Waals surface area contributed by atoms with Crippen molar-refractivity contribution in [3.8, 4) is 0 Å². The Kier molecular flexibility index (Phi) is 6.18. The van der Waals surface area contributed by atoms with Gasteiger partial charge in [0.1, 0.15) is 0 Å². The predicted octanol–water partition coefficient (Wildman–Crippen LogP) is 3.53. The summed E-state index contributed by atoms with van der Waals surface area (Å²) in [5, 5.41) is 0. The summed E-state index contributed by atoms with van der Waals surface area (Å²) in [4.78, 5) is 26.7. The number of halogens is 1. The molecule has 0 N–H and O–H groups in total. The van der Waals surface area contributed by atoms with Crippen molar-refractivity contribution in [2.45, 2.75) is 61.8 Å². The molecular weight excluding hydrogens is 506 g/mol. The summed E-state index contributed by atoms with van der Waals surface area (Å²) < 4.78 is 11.4. The molecule has 0 saturated carbocycles. The third-order valence-corrected chi connectivity index (χ3v) is 13.1. The van der Waals surface area contributed by atoms with Gasteiger partial charge in [0, 0.05) is 0 Å². The predicted molar refractivity (Wildman–Crippen MR) is 83.7 cm³/mol. The first-order valence-corrected chi connectivity index (χ1v) is 18.0. The number of amides is 1. The molecule has 2 bridgehead atoms. The normalized spacial score (nSPS) is 29.8. The molecule has 1 fully saturated rings. The van der Waals surface area contributed by atoms with Crippen LogP contribution >= 0.6 is 8.25 Å². The molecular formula is C16H24ClHgNO4. The van der Waals surface area contributed by atoms with E-state index < -0.39 is 35.2 Å². The second-order valence-electron chi connectivity index (χ2n) is 7.10. The number of carbonyl (C=O) groups excluding carboxylic acids is 2. The Balaban J connectivity index is 2.35. The third kappa shape index (κ3) is 3.77. The first-order chi connectivity index (χ1) is 10.7. The number of fused-ring (bicyclic) bond motifs is 2. The molecule has 1 aliphatic heterocycles. The van der Waals surface area contributed by atoms with Crippen molar-refractivity contribution in [2.75, 3.05) is 7.11 Å². The van der Waals surface area contributed by atoms with Crippen LogP contribution in [0, 0.1) is 5.92 Å². The first kappa shape index (κ1) is 19.2. The number of hydrogen-bond acceptors (Lipinski definition) is 4. The van der Waals surface area contributed by atoms with Crippen molar-refractivity contribution < 1.29 is 42.4 Å². The monoisotopic (exact) mass is 531 g/mol. The molecule has 4 atom stereocenters. The van der Waals surface area contributed by atoms with E-state index in [1.807, 2.05) is 33.8 Å². The summed E-state index contributed by atoms with van der Waals surface area (Å²) in [6.45, 7) is 7.40. The van der Waals surface area contributed by atoms with Crippen LogP contribution in [-0.4, -0.2) is 41.8 Å². The van der Waals surface area contributed by atoms with E-state index in [-0.39, 0.29) is 27.3 Å². The van der Waals surface area contributed by atoms with Gasteiger partial charge in [-0.25, -0.2) is 0 Å². The zero-order valence-electron chi connectivity index (χ0n) is 14.5. The Morgan fingerprint density at radius 2 is 2.09 bits per heavy atom. The number of ether oxygens (including phenoxy) is 2. The Bertz CT molecular complexity index is 517. The molecule has 0 radical (unpaired) electrons. The zero-order chi connectivity index (χ0) is 17.4. The Labute approximate surface area is 153 Å². The number of likely N-dealkylation sites (tertiary alicyclic amines) is 1. The van der Waals surface area contributed by atoms with Crippen LogP contribution in [-0.2, 0) is 37.6 Å². The molecule has 2 rings (SSSR count). The molecule has 0 aromatic rings. The molecule has 1 amide bonds. The van der Waals surface area contributed by atoms with E-state index in [0.717, 1.165) is 5.57 Å². The van der Waals surface area contributed by atoms with Crippen LogP contribution in [0.5, 0.6) is 0 Å². The van der Waals surface area contributed by atoms with Crippen LogP contribution in [0.4, 0.5) is 4.79 Å². The second kappa shape index (κ2) is 7.40. The number of methoxy groups -OCH3 is 1. The average Bonchev–Trinajstić information content (AvgIpc) is 2.69. The second-order valence-corrected chi connectivity index (χ2v) is 14.7. The molecule has 2 aliphatic rings. The fourth-order valence-corrected chi connectivity index (χ4v) is 12.2. The number of hydrogen-bond donors (Lipinski definition) is 0. The number of Topliss-reactive ketones (excluding diaryl/α,β-unsaturated/α-hetero) is 1. The fourth-order valence-electron chi connectivity index (χ4n) is 3.59. The molecule has 5 nitrogen and oxygen atoms in total. The molecule has 126 valence electrons. The van der Waals surface area contributed by atoms with Crippen molar-refractivity contribution >= 4 is 20.1 Å². The summed E-state index contributed by atoms with van der Waals surface area (Å²) in [5.41, 5.74) is 0.231. The van der Waals surface area contributed by atoms with Gasteiger partial charge in [-0.2, -0.15) is 0 Å². The average molecular weight is 530 g/mol. The molecule has 23 heavy (non-hydrogen) atoms. The molecule has 0 unspecified atom stereocenters. The van der Waals surface area contributed by atoms with Gasteiger partial charge in [0.25, 0.3) is 0 Å². The van der Waals surface area contributed by atoms with Crippen LogP contribution in [0.2, 0.25) is 3.43 Å². The number of rotatable bonds is 4. The van der Waals surface area contributed by atoms with Crippen LogP contribution in [0.25, 0.3) is 0 Å². The van der Waals surface area contributed by atoms with E-state index in [9.17, 15) is 9.59 Å². The third-order valence-electron chi connectivity index (χ3n) is 4.50. The quantitative estimate of drug-likeness (QED) is 0.523. The van der Waals surface area contributed by atoms with Crippen molar-refractivity contribution in [1.82, 2.24) is 4.90 Å². The van der Waals surface area contributed by atoms with E-state index >= 15 is 0 Å². The van der Waals surface area contributed by atoms with E-state index in [4.69, 9.17) is 17.7 Å². The minimum absolute atomic E-state index is 0.00683. The molecule has 1 aliphatic carbocycles. The van der Waals surface area contributed by atoms with E-state index in [0.29, 0.717) is 12.8 Å². The van der Waals surface area contributed by atoms with Crippen LogP contribution in [0.15, 0.2) is 11.6 Å². The van der Waals surface area contributed by atoms with E-state index in [1.54, 1.807) is 12.0 Å². The zero-order valence-corrected chi connectivity index (χ0v) is 20.7. The van der Waals surface area contributed by atoms with Gasteiger partial charge >= 0.3 is 154 Å². The number of ketones is 1. The van der Waals surface area contributed by atoms with E-state index in [2.05, 4.69) is 0 Å². The van der Waals surface area contributed by atoms with Gasteiger partial charge in [0.15, 0.2) is 0 Å². The fraction of sp³-hybridized carbons (Fsp3) is 0.750. The molecule has 7 heteroatoms. The summed E-state index contributed by atoms with van der Waals surface area (Å²) >= 11 is -1.72. The molecule has 1 saturated heterocycles. The maximum atomic E-state index is 12.7. The SMILES string of the molecule is CCC(=O)C1=CC[C@H]2[C@H]([Hg][Cl])[C@@H]1[C@H](OC)N2C(=O)OC(C)(C)C. The van der Waals surface area contributed by atoms with Gasteiger partial charge in [0.2, 0.25) is 0 Å². The van der Waals surface area contributed by atoms with Crippen molar-refractivity contribution in [1.29, 1.82) is 0 Å². The summed E-state index contributed by atoms with van der Waals surface area (Å²) in [7, 11) is 7.98. The minimum atomic E-state index is -1.72. The van der Waals surface area contributed by atoms with Gasteiger partial charge in [-0.1, -0.05) is 0 Å². The Morgan fingerprint density at radius 1 is 1.43 bits per heavy atom. The van der Waals surface area contributed by atoms with E-state index in [1.165, 1.54) is 0 Å². The van der Waals surface area contributed by atoms with Gasteiger partial charge in [-0.05, 0) is 0 Å². The Morgan fingerprint density at radius 3 is 2.57 bits per heavy atom. The van der Waals surface area contributed by atoms with Gasteiger partial charge in [-0.15, -0.1) is 0 Å². The van der Waals surface area contributed by atoms with Gasteiger partial charge in [0.05, 0.1) is 0 Å². The van der Waals surface area contributed by atoms with Gasteiger partial charge < -0.3 is 0 Å². The molecule has 0 aromatic heterocycles. The van der Waals surface area contributed by atoms with Crippen LogP contribution in [0.3, 0.4) is 0 Å². The number of carbonyl (C=O) groups is 2. The maximum absolute atomic E-state index is 12.7. The number of nitrogens with zero attached hydrogens (tertiary/aromatic N) is 1.